The van der Waals surface area contributed by atoms with Gasteiger partial charge in [-0.15, -0.1) is 47.0 Å². The topological polar surface area (TPSA) is 184 Å². The van der Waals surface area contributed by atoms with Crippen LogP contribution in [0.2, 0.25) is 0 Å². The highest BCUT2D eigenvalue weighted by molar-refractivity contribution is 8.17. The molecule has 0 N–H and O–H groups in total. The molecule has 2 aromatic carbocycles. The predicted octanol–water partition coefficient (Wildman–Crippen LogP) is 11.3. The fourth-order valence-electron chi connectivity index (χ4n) is 6.78. The summed E-state index contributed by atoms with van der Waals surface area (Å²) in [4.78, 5) is 80.3. The summed E-state index contributed by atoms with van der Waals surface area (Å²) in [7, 11) is 0. The first-order valence-corrected chi connectivity index (χ1v) is 27.9. The lowest BCUT2D eigenvalue weighted by molar-refractivity contribution is -0.140. The standard InChI is InChI=1S/2C29H31NO6S2/c1-20(2)26(31)34-15-16-35-28(33)24-10-8-22(9-11-24)18-37-29(25-7-5-6-14-30-25)13-12-23(19-38-29)17-36-27(32)21(3)4;1-20(2)26(31)34-14-15-35-28(33)24-10-8-22(9-11-24)19-38-29(25-7-5-6-13-30-25)17-23(12-16-37-29)18-36-27(32)21(3)4/h5-12,14H,1,3,13,15-19H2,2,4H3;5-13H,1,3,14-19H2,2,4H3. The predicted molar refractivity (Wildman–Crippen MR) is 301 cm³/mol. The van der Waals surface area contributed by atoms with Crippen LogP contribution in [0.1, 0.15) is 83.8 Å². The molecule has 2 atom stereocenters. The summed E-state index contributed by atoms with van der Waals surface area (Å²) in [6.45, 7) is 21.0. The van der Waals surface area contributed by atoms with E-state index in [0.717, 1.165) is 51.6 Å². The zero-order chi connectivity index (χ0) is 55.1. The Hall–Kier alpha value is -6.60. The van der Waals surface area contributed by atoms with Gasteiger partial charge < -0.3 is 28.4 Å². The van der Waals surface area contributed by atoms with Crippen LogP contribution in [0, 0.1) is 0 Å². The van der Waals surface area contributed by atoms with Crippen LogP contribution < -0.4 is 0 Å². The molecule has 0 radical (unpaired) electrons. The van der Waals surface area contributed by atoms with Crippen molar-refractivity contribution in [2.24, 2.45) is 0 Å². The molecule has 4 heterocycles. The summed E-state index contributed by atoms with van der Waals surface area (Å²) < 4.78 is 30.3. The number of nitrogens with zero attached hydrogens (tertiary/aromatic N) is 2. The van der Waals surface area contributed by atoms with E-state index in [2.05, 4.69) is 48.4 Å². The van der Waals surface area contributed by atoms with Crippen molar-refractivity contribution >= 4 is 82.9 Å². The van der Waals surface area contributed by atoms with Crippen molar-refractivity contribution in [2.75, 3.05) is 51.1 Å². The second-order valence-corrected chi connectivity index (χ2v) is 23.1. The van der Waals surface area contributed by atoms with E-state index in [0.29, 0.717) is 51.3 Å². The number of ether oxygens (including phenoxy) is 6. The van der Waals surface area contributed by atoms with Gasteiger partial charge in [-0.05, 0) is 105 Å². The van der Waals surface area contributed by atoms with Gasteiger partial charge in [0.2, 0.25) is 0 Å². The summed E-state index contributed by atoms with van der Waals surface area (Å²) in [6.07, 6.45) is 9.25. The third kappa shape index (κ3) is 18.9. The number of carbonyl (C=O) groups is 6. The number of allylic oxidation sites excluding steroid dienone is 1. The monoisotopic (exact) mass is 1110 g/mol. The van der Waals surface area contributed by atoms with Crippen LogP contribution in [-0.2, 0) is 67.3 Å². The number of aromatic nitrogens is 2. The molecule has 0 bridgehead atoms. The second-order valence-electron chi connectivity index (χ2n) is 17.4. The van der Waals surface area contributed by atoms with Gasteiger partial charge in [-0.3, -0.25) is 9.97 Å². The molecule has 76 heavy (non-hydrogen) atoms. The van der Waals surface area contributed by atoms with Crippen molar-refractivity contribution in [3.05, 3.63) is 203 Å². The molecule has 0 saturated heterocycles. The molecule has 400 valence electrons. The fraction of sp³-hybridized carbons (Fsp3) is 0.310. The molecule has 14 nitrogen and oxygen atoms in total. The minimum Gasteiger partial charge on any atom is -0.459 e. The van der Waals surface area contributed by atoms with Crippen molar-refractivity contribution < 1.29 is 57.2 Å². The second kappa shape index (κ2) is 30.2. The molecule has 0 saturated carbocycles. The molecule has 0 fully saturated rings. The highest BCUT2D eigenvalue weighted by atomic mass is 32.2. The molecule has 18 heteroatoms. The van der Waals surface area contributed by atoms with E-state index >= 15 is 0 Å². The molecular formula is C58H62N2O12S4. The number of benzene rings is 2. The maximum Gasteiger partial charge on any atom is 0.338 e. The molecule has 2 unspecified atom stereocenters. The molecule has 0 spiro atoms. The Kier molecular flexibility index (Phi) is 24.0. The fourth-order valence-corrected chi connectivity index (χ4v) is 12.6. The Balaban J connectivity index is 0.000000281. The number of carbonyl (C=O) groups excluding carboxylic acids is 6. The third-order valence-electron chi connectivity index (χ3n) is 11.0. The average Bonchev–Trinajstić information content (AvgIpc) is 3.44. The first-order valence-electron chi connectivity index (χ1n) is 24.0. The molecule has 2 aromatic heterocycles. The Morgan fingerprint density at radius 1 is 0.513 bits per heavy atom. The maximum absolute atomic E-state index is 12.3. The van der Waals surface area contributed by atoms with Gasteiger partial charge >= 0.3 is 35.8 Å². The van der Waals surface area contributed by atoms with Gasteiger partial charge in [0, 0.05) is 64.1 Å². The van der Waals surface area contributed by atoms with E-state index in [-0.39, 0.29) is 53.8 Å². The quantitative estimate of drug-likeness (QED) is 0.0212. The Morgan fingerprint density at radius 3 is 1.36 bits per heavy atom. The lowest BCUT2D eigenvalue weighted by atomic mass is 10.1. The molecule has 2 aliphatic rings. The van der Waals surface area contributed by atoms with E-state index in [1.807, 2.05) is 60.7 Å². The van der Waals surface area contributed by atoms with Crippen molar-refractivity contribution in [1.82, 2.24) is 9.97 Å². The van der Waals surface area contributed by atoms with Crippen LogP contribution in [0.25, 0.3) is 0 Å². The Morgan fingerprint density at radius 2 is 0.934 bits per heavy atom. The van der Waals surface area contributed by atoms with Crippen molar-refractivity contribution in [1.29, 1.82) is 0 Å². The average molecular weight is 1110 g/mol. The van der Waals surface area contributed by atoms with Crippen LogP contribution in [-0.4, -0.2) is 96.9 Å². The van der Waals surface area contributed by atoms with Crippen molar-refractivity contribution in [2.45, 2.75) is 60.2 Å². The highest BCUT2D eigenvalue weighted by Crippen LogP contribution is 2.54. The van der Waals surface area contributed by atoms with Gasteiger partial charge in [-0.1, -0.05) is 74.9 Å². The van der Waals surface area contributed by atoms with E-state index in [9.17, 15) is 28.8 Å². The summed E-state index contributed by atoms with van der Waals surface area (Å²) in [5.74, 6) is 0.125. The molecule has 6 rings (SSSR count). The smallest absolute Gasteiger partial charge is 0.338 e. The van der Waals surface area contributed by atoms with Crippen molar-refractivity contribution in [3.63, 3.8) is 0 Å². The lowest BCUT2D eigenvalue weighted by Gasteiger charge is -2.36. The summed E-state index contributed by atoms with van der Waals surface area (Å²) >= 11 is 7.12. The van der Waals surface area contributed by atoms with Crippen LogP contribution in [0.4, 0.5) is 0 Å². The van der Waals surface area contributed by atoms with E-state index in [1.165, 1.54) is 0 Å². The van der Waals surface area contributed by atoms with Crippen LogP contribution in [0.15, 0.2) is 169 Å². The van der Waals surface area contributed by atoms with Crippen LogP contribution in [0.3, 0.4) is 0 Å². The molecule has 0 amide bonds. The third-order valence-corrected chi connectivity index (χ3v) is 17.5. The number of hydrogen-bond acceptors (Lipinski definition) is 18. The SMILES string of the molecule is C=C(C)C(=O)OCCOC(=O)c1ccc(CSC2(c3ccccn3)CC(COC(=O)C(=C)C)=CCS2)cc1.C=C(C)C(=O)OCCOC(=O)c1ccc(CSC2(c3ccccn3)CC=C(COC(=O)C(=C)C)CS2)cc1. The summed E-state index contributed by atoms with van der Waals surface area (Å²) in [6, 6.07) is 26.3. The minimum absolute atomic E-state index is 0.0219. The summed E-state index contributed by atoms with van der Waals surface area (Å²) in [5.41, 5.74) is 8.34. The van der Waals surface area contributed by atoms with Crippen molar-refractivity contribution in [3.8, 4) is 0 Å². The Bertz CT molecular complexity index is 2800. The first kappa shape index (κ1) is 60.3. The molecule has 2 aliphatic heterocycles. The van der Waals surface area contributed by atoms with E-state index in [1.54, 1.807) is 111 Å². The summed E-state index contributed by atoms with van der Waals surface area (Å²) in [5, 5.41) is 0. The minimum atomic E-state index is -0.516. The Labute approximate surface area is 461 Å². The zero-order valence-corrected chi connectivity index (χ0v) is 46.4. The zero-order valence-electron chi connectivity index (χ0n) is 43.1. The first-order chi connectivity index (χ1) is 36.4. The number of hydrogen-bond donors (Lipinski definition) is 0. The van der Waals surface area contributed by atoms with E-state index in [4.69, 9.17) is 28.4 Å². The van der Waals surface area contributed by atoms with Gasteiger partial charge in [-0.25, -0.2) is 28.8 Å². The largest absolute Gasteiger partial charge is 0.459 e. The number of esters is 6. The lowest BCUT2D eigenvalue weighted by Crippen LogP contribution is -2.25. The molecule has 0 aliphatic carbocycles. The van der Waals surface area contributed by atoms with Gasteiger partial charge in [-0.2, -0.15) is 0 Å². The normalized spacial score (nSPS) is 16.6. The number of rotatable bonds is 24. The van der Waals surface area contributed by atoms with Gasteiger partial charge in [0.05, 0.1) is 22.5 Å². The number of pyridine rings is 2. The van der Waals surface area contributed by atoms with Crippen LogP contribution in [0.5, 0.6) is 0 Å². The maximum atomic E-state index is 12.3. The van der Waals surface area contributed by atoms with E-state index < -0.39 is 29.8 Å². The van der Waals surface area contributed by atoms with Gasteiger partial charge in [0.1, 0.15) is 47.8 Å². The number of thioether (sulfide) groups is 4. The molecular weight excluding hydrogens is 1040 g/mol. The van der Waals surface area contributed by atoms with Gasteiger partial charge in [0.25, 0.3) is 0 Å². The van der Waals surface area contributed by atoms with Gasteiger partial charge in [0.15, 0.2) is 0 Å². The van der Waals surface area contributed by atoms with Crippen LogP contribution >= 0.6 is 47.0 Å². The highest BCUT2D eigenvalue weighted by Gasteiger charge is 2.39. The molecule has 4 aromatic rings.